The molecule has 0 saturated heterocycles. The fraction of sp³-hybridized carbons (Fsp3) is 0.438. The molecule has 1 aromatic carbocycles. The van der Waals surface area contributed by atoms with Gasteiger partial charge in [-0.25, -0.2) is 4.98 Å². The van der Waals surface area contributed by atoms with E-state index < -0.39 is 0 Å². The molecule has 4 nitrogen and oxygen atoms in total. The molecule has 1 aliphatic carbocycles. The van der Waals surface area contributed by atoms with Crippen molar-refractivity contribution in [1.29, 1.82) is 0 Å². The number of rotatable bonds is 5. The summed E-state index contributed by atoms with van der Waals surface area (Å²) in [5.41, 5.74) is 4.15. The third-order valence-corrected chi connectivity index (χ3v) is 3.79. The standard InChI is InChI=1S/C16H21N3O/c1-12(11-20-2)18-16-17-8-9-19(16)15-7-6-13-4-3-5-14(13)10-15/h6-10,12H,3-5,11H2,1-2H3,(H,17,18). The molecule has 20 heavy (non-hydrogen) atoms. The highest BCUT2D eigenvalue weighted by Crippen LogP contribution is 2.25. The van der Waals surface area contributed by atoms with Crippen molar-refractivity contribution in [1.82, 2.24) is 9.55 Å². The first-order valence-corrected chi connectivity index (χ1v) is 7.19. The van der Waals surface area contributed by atoms with Crippen LogP contribution in [0.15, 0.2) is 30.6 Å². The molecule has 0 radical (unpaired) electrons. The number of methoxy groups -OCH3 is 1. The number of anilines is 1. The fourth-order valence-corrected chi connectivity index (χ4v) is 2.84. The Morgan fingerprint density at radius 1 is 1.35 bits per heavy atom. The number of benzene rings is 1. The number of imidazole rings is 1. The maximum atomic E-state index is 5.16. The average molecular weight is 271 g/mol. The van der Waals surface area contributed by atoms with Gasteiger partial charge in [0.25, 0.3) is 0 Å². The van der Waals surface area contributed by atoms with E-state index in [9.17, 15) is 0 Å². The van der Waals surface area contributed by atoms with E-state index in [4.69, 9.17) is 4.74 Å². The number of hydrogen-bond acceptors (Lipinski definition) is 3. The summed E-state index contributed by atoms with van der Waals surface area (Å²) in [6, 6.07) is 6.95. The van der Waals surface area contributed by atoms with E-state index in [1.54, 1.807) is 7.11 Å². The van der Waals surface area contributed by atoms with Crippen molar-refractivity contribution < 1.29 is 4.74 Å². The second-order valence-corrected chi connectivity index (χ2v) is 5.43. The SMILES string of the molecule is COCC(C)Nc1nccn1-c1ccc2c(c1)CCC2. The zero-order valence-corrected chi connectivity index (χ0v) is 12.1. The summed E-state index contributed by atoms with van der Waals surface area (Å²) in [6.45, 7) is 2.75. The lowest BCUT2D eigenvalue weighted by Gasteiger charge is -2.15. The van der Waals surface area contributed by atoms with Crippen LogP contribution in [-0.4, -0.2) is 29.3 Å². The van der Waals surface area contributed by atoms with Crippen LogP contribution in [0.25, 0.3) is 5.69 Å². The number of ether oxygens (including phenoxy) is 1. The number of fused-ring (bicyclic) bond motifs is 1. The third kappa shape index (κ3) is 2.56. The number of aryl methyl sites for hydroxylation is 2. The second kappa shape index (κ2) is 5.67. The van der Waals surface area contributed by atoms with Gasteiger partial charge >= 0.3 is 0 Å². The molecule has 4 heteroatoms. The molecule has 1 atom stereocenters. The number of nitrogens with one attached hydrogen (secondary N) is 1. The maximum Gasteiger partial charge on any atom is 0.207 e. The monoisotopic (exact) mass is 271 g/mol. The molecule has 0 amide bonds. The molecule has 0 bridgehead atoms. The summed E-state index contributed by atoms with van der Waals surface area (Å²) in [5, 5.41) is 3.38. The van der Waals surface area contributed by atoms with Crippen LogP contribution in [0.5, 0.6) is 0 Å². The molecule has 106 valence electrons. The summed E-state index contributed by atoms with van der Waals surface area (Å²) >= 11 is 0. The Balaban J connectivity index is 1.85. The largest absolute Gasteiger partial charge is 0.383 e. The highest BCUT2D eigenvalue weighted by molar-refractivity contribution is 5.47. The summed E-state index contributed by atoms with van der Waals surface area (Å²) < 4.78 is 7.26. The topological polar surface area (TPSA) is 39.1 Å². The van der Waals surface area contributed by atoms with Crippen LogP contribution in [0.1, 0.15) is 24.5 Å². The molecule has 1 unspecified atom stereocenters. The molecule has 2 aromatic rings. The summed E-state index contributed by atoms with van der Waals surface area (Å²) in [4.78, 5) is 4.40. The van der Waals surface area contributed by atoms with Gasteiger partial charge in [0, 0.05) is 31.2 Å². The normalized spacial score (nSPS) is 15.1. The van der Waals surface area contributed by atoms with E-state index in [0.29, 0.717) is 6.61 Å². The first kappa shape index (κ1) is 13.2. The van der Waals surface area contributed by atoms with E-state index in [1.165, 1.54) is 36.1 Å². The minimum Gasteiger partial charge on any atom is -0.383 e. The van der Waals surface area contributed by atoms with Crippen LogP contribution >= 0.6 is 0 Å². The van der Waals surface area contributed by atoms with Crippen LogP contribution in [0.4, 0.5) is 5.95 Å². The lowest BCUT2D eigenvalue weighted by atomic mass is 10.1. The van der Waals surface area contributed by atoms with Crippen molar-refractivity contribution in [2.45, 2.75) is 32.2 Å². The van der Waals surface area contributed by atoms with Crippen molar-refractivity contribution in [3.05, 3.63) is 41.7 Å². The lowest BCUT2D eigenvalue weighted by molar-refractivity contribution is 0.190. The Labute approximate surface area is 119 Å². The zero-order valence-electron chi connectivity index (χ0n) is 12.1. The molecule has 1 heterocycles. The maximum absolute atomic E-state index is 5.16. The summed E-state index contributed by atoms with van der Waals surface area (Å²) in [7, 11) is 1.71. The molecule has 1 aromatic heterocycles. The first-order valence-electron chi connectivity index (χ1n) is 7.19. The van der Waals surface area contributed by atoms with Crippen molar-refractivity contribution in [2.24, 2.45) is 0 Å². The average Bonchev–Trinajstić information content (AvgIpc) is 3.06. The van der Waals surface area contributed by atoms with E-state index in [1.807, 2.05) is 12.4 Å². The van der Waals surface area contributed by atoms with E-state index in [-0.39, 0.29) is 6.04 Å². The minimum atomic E-state index is 0.232. The molecule has 0 saturated carbocycles. The molecular weight excluding hydrogens is 250 g/mol. The third-order valence-electron chi connectivity index (χ3n) is 3.79. The van der Waals surface area contributed by atoms with Gasteiger partial charge in [0.2, 0.25) is 5.95 Å². The van der Waals surface area contributed by atoms with Crippen LogP contribution in [-0.2, 0) is 17.6 Å². The lowest BCUT2D eigenvalue weighted by Crippen LogP contribution is -2.22. The van der Waals surface area contributed by atoms with Crippen molar-refractivity contribution >= 4 is 5.95 Å². The highest BCUT2D eigenvalue weighted by atomic mass is 16.5. The van der Waals surface area contributed by atoms with Gasteiger partial charge in [-0.3, -0.25) is 4.57 Å². The Bertz CT molecular complexity index is 591. The van der Waals surface area contributed by atoms with Crippen molar-refractivity contribution in [2.75, 3.05) is 19.0 Å². The van der Waals surface area contributed by atoms with Crippen LogP contribution < -0.4 is 5.32 Å². The Hall–Kier alpha value is -1.81. The van der Waals surface area contributed by atoms with Gasteiger partial charge in [-0.2, -0.15) is 0 Å². The molecule has 3 rings (SSSR count). The summed E-state index contributed by atoms with van der Waals surface area (Å²) in [6.07, 6.45) is 7.52. The number of aromatic nitrogens is 2. The van der Waals surface area contributed by atoms with Gasteiger partial charge in [-0.05, 0) is 49.4 Å². The summed E-state index contributed by atoms with van der Waals surface area (Å²) in [5.74, 6) is 0.868. The van der Waals surface area contributed by atoms with E-state index >= 15 is 0 Å². The van der Waals surface area contributed by atoms with E-state index in [0.717, 1.165) is 5.95 Å². The van der Waals surface area contributed by atoms with Gasteiger partial charge in [-0.1, -0.05) is 6.07 Å². The number of nitrogens with zero attached hydrogens (tertiary/aromatic N) is 2. The van der Waals surface area contributed by atoms with Gasteiger partial charge < -0.3 is 10.1 Å². The van der Waals surface area contributed by atoms with Crippen LogP contribution in [0.3, 0.4) is 0 Å². The first-order chi connectivity index (χ1) is 9.78. The molecular formula is C16H21N3O. The van der Waals surface area contributed by atoms with Crippen molar-refractivity contribution in [3.8, 4) is 5.69 Å². The zero-order chi connectivity index (χ0) is 13.9. The quantitative estimate of drug-likeness (QED) is 0.909. The molecule has 0 aliphatic heterocycles. The van der Waals surface area contributed by atoms with Gasteiger partial charge in [0.15, 0.2) is 0 Å². The highest BCUT2D eigenvalue weighted by Gasteiger charge is 2.13. The Kier molecular flexibility index (Phi) is 3.74. The van der Waals surface area contributed by atoms with Crippen LogP contribution in [0, 0.1) is 0 Å². The van der Waals surface area contributed by atoms with E-state index in [2.05, 4.69) is 40.0 Å². The Morgan fingerprint density at radius 3 is 3.05 bits per heavy atom. The van der Waals surface area contributed by atoms with Gasteiger partial charge in [0.1, 0.15) is 0 Å². The predicted octanol–water partition coefficient (Wildman–Crippen LogP) is 2.81. The smallest absolute Gasteiger partial charge is 0.207 e. The van der Waals surface area contributed by atoms with Crippen molar-refractivity contribution in [3.63, 3.8) is 0 Å². The minimum absolute atomic E-state index is 0.232. The molecule has 1 aliphatic rings. The Morgan fingerprint density at radius 2 is 2.20 bits per heavy atom. The molecule has 1 N–H and O–H groups in total. The predicted molar refractivity (Wildman–Crippen MR) is 80.5 cm³/mol. The van der Waals surface area contributed by atoms with Gasteiger partial charge in [0.05, 0.1) is 6.61 Å². The molecule has 0 spiro atoms. The fourth-order valence-electron chi connectivity index (χ4n) is 2.84. The second-order valence-electron chi connectivity index (χ2n) is 5.43. The van der Waals surface area contributed by atoms with Crippen LogP contribution in [0.2, 0.25) is 0 Å². The van der Waals surface area contributed by atoms with Gasteiger partial charge in [-0.15, -0.1) is 0 Å². The molecule has 0 fully saturated rings. The number of hydrogen-bond donors (Lipinski definition) is 1.